The van der Waals surface area contributed by atoms with Gasteiger partial charge in [0.15, 0.2) is 23.3 Å². The summed E-state index contributed by atoms with van der Waals surface area (Å²) in [5.41, 5.74) is 19.2. The Bertz CT molecular complexity index is 2480. The summed E-state index contributed by atoms with van der Waals surface area (Å²) in [6.07, 6.45) is 2.48. The summed E-state index contributed by atoms with van der Waals surface area (Å²) >= 11 is 0. The highest BCUT2D eigenvalue weighted by atomic mass is 16.3. The van der Waals surface area contributed by atoms with E-state index in [2.05, 4.69) is 41.9 Å². The summed E-state index contributed by atoms with van der Waals surface area (Å²) in [6, 6.07) is 10.2. The second kappa shape index (κ2) is 32.7. The Morgan fingerprint density at radius 1 is 0.658 bits per heavy atom. The van der Waals surface area contributed by atoms with Crippen molar-refractivity contribution in [2.24, 2.45) is 39.9 Å². The highest BCUT2D eigenvalue weighted by molar-refractivity contribution is 5.98. The summed E-state index contributed by atoms with van der Waals surface area (Å²) in [5.74, 6) is -7.89. The molecule has 22 heteroatoms. The van der Waals surface area contributed by atoms with Crippen molar-refractivity contribution < 1.29 is 53.1 Å². The lowest BCUT2D eigenvalue weighted by Crippen LogP contribution is -2.53. The molecule has 0 radical (unpaired) electrons. The van der Waals surface area contributed by atoms with E-state index in [1.54, 1.807) is 36.5 Å². The van der Waals surface area contributed by atoms with E-state index in [9.17, 15) is 53.1 Å². The highest BCUT2D eigenvalue weighted by Gasteiger charge is 2.35. The van der Waals surface area contributed by atoms with Crippen LogP contribution in [0.15, 0.2) is 65.8 Å². The number of nitrogens with one attached hydrogen (secondary N) is 7. The van der Waals surface area contributed by atoms with Crippen LogP contribution < -0.4 is 49.1 Å². The van der Waals surface area contributed by atoms with Gasteiger partial charge in [-0.2, -0.15) is 0 Å². The second-order valence-corrected chi connectivity index (χ2v) is 19.7. The first-order valence-corrected chi connectivity index (χ1v) is 25.9. The molecule has 0 unspecified atom stereocenters. The van der Waals surface area contributed by atoms with Crippen LogP contribution in [-0.4, -0.2) is 125 Å². The van der Waals surface area contributed by atoms with Crippen LogP contribution >= 0.6 is 0 Å². The number of rotatable bonds is 36. The molecule has 7 amide bonds. The van der Waals surface area contributed by atoms with Gasteiger partial charge in [0.25, 0.3) is 0 Å². The average molecular weight is 1060 g/mol. The number of aromatic amines is 1. The molecule has 1 aromatic heterocycles. The number of guanidine groups is 1. The van der Waals surface area contributed by atoms with Crippen molar-refractivity contribution in [1.82, 2.24) is 36.9 Å². The molecule has 416 valence electrons. The minimum Gasteiger partial charge on any atom is -0.393 e. The highest BCUT2D eigenvalue weighted by Crippen LogP contribution is 2.22. The number of para-hydroxylation sites is 1. The number of Topliss-reactive ketones (excluding diaryl/α,β-unsaturated/α-hetero) is 4. The third-order valence-electron chi connectivity index (χ3n) is 12.8. The van der Waals surface area contributed by atoms with E-state index < -0.39 is 114 Å². The Labute approximate surface area is 444 Å². The fourth-order valence-corrected chi connectivity index (χ4v) is 8.57. The molecule has 0 aliphatic carbocycles. The van der Waals surface area contributed by atoms with E-state index in [-0.39, 0.29) is 56.2 Å². The van der Waals surface area contributed by atoms with E-state index >= 15 is 0 Å². The summed E-state index contributed by atoms with van der Waals surface area (Å²) < 4.78 is 0. The van der Waals surface area contributed by atoms with Gasteiger partial charge >= 0.3 is 6.03 Å². The molecule has 0 spiro atoms. The van der Waals surface area contributed by atoms with E-state index in [1.165, 1.54) is 20.9 Å². The van der Waals surface area contributed by atoms with Gasteiger partial charge in [0.05, 0.1) is 43.1 Å². The Kier molecular flexibility index (Phi) is 27.1. The Balaban J connectivity index is 1.75. The molecule has 0 saturated carbocycles. The number of unbranched alkanes of at least 4 members (excludes halogenated alkanes) is 3. The number of aliphatic imine (C=N–C) groups is 1. The van der Waals surface area contributed by atoms with Crippen LogP contribution in [0.5, 0.6) is 0 Å². The van der Waals surface area contributed by atoms with Crippen molar-refractivity contribution in [3.8, 4) is 0 Å². The number of ketones is 4. The largest absolute Gasteiger partial charge is 0.393 e. The molecule has 76 heavy (non-hydrogen) atoms. The molecule has 3 rings (SSSR count). The van der Waals surface area contributed by atoms with E-state index in [1.807, 2.05) is 38.1 Å². The third kappa shape index (κ3) is 23.0. The predicted octanol–water partition coefficient (Wildman–Crippen LogP) is 1.83. The van der Waals surface area contributed by atoms with Crippen molar-refractivity contribution in [3.05, 3.63) is 71.9 Å². The second-order valence-electron chi connectivity index (χ2n) is 19.7. The predicted molar refractivity (Wildman–Crippen MR) is 287 cm³/mol. The smallest absolute Gasteiger partial charge is 0.315 e. The standard InChI is InChI=1S/C54H79N11O11/c1-32(2)24-41(45(68)27-36(19-15-23-59-53(57)58-5)51(74)64-44(50(56)73)26-37-30-60-40-21-14-13-20-38(37)40)65-54(76)61-31-47(70)42(25-35-17-10-8-11-18-35)63-52(75)39(34(4)67)28-46(69)43(29-48(55)71)62-49(72)22-12-7-6-9-16-33(3)66/h8,10-11,13-14,17-18,20-21,30,32,34,36,39,41-44,60,67H,6-7,9,12,15-16,19,22-29,31H2,1-5H3,(H2,55,71)(H2,56,73)(H,62,72)(H,63,75)(H,64,74)(H3,57,58,59)(H2,61,65,76)/t34-,36-,39+,41+,42+,43+,44+/m1/s1. The van der Waals surface area contributed by atoms with Crippen LogP contribution in [0.4, 0.5) is 4.79 Å². The van der Waals surface area contributed by atoms with Gasteiger partial charge in [0.2, 0.25) is 29.5 Å². The Hall–Kier alpha value is -7.49. The number of aliphatic hydroxyl groups is 1. The van der Waals surface area contributed by atoms with Crippen molar-refractivity contribution in [1.29, 1.82) is 0 Å². The average Bonchev–Trinajstić information content (AvgIpc) is 3.77. The zero-order chi connectivity index (χ0) is 56.3. The number of fused-ring (bicyclic) bond motifs is 1. The van der Waals surface area contributed by atoms with Crippen molar-refractivity contribution in [2.45, 2.75) is 148 Å². The number of aliphatic hydroxyl groups excluding tert-OH is 1. The maximum Gasteiger partial charge on any atom is 0.315 e. The first kappa shape index (κ1) is 62.8. The van der Waals surface area contributed by atoms with Gasteiger partial charge in [0, 0.05) is 68.7 Å². The number of nitrogens with two attached hydrogens (primary N) is 3. The molecule has 0 aliphatic heterocycles. The van der Waals surface area contributed by atoms with E-state index in [0.29, 0.717) is 44.2 Å². The maximum absolute atomic E-state index is 14.2. The van der Waals surface area contributed by atoms with Gasteiger partial charge in [-0.1, -0.05) is 75.2 Å². The molecular formula is C54H79N11O11. The summed E-state index contributed by atoms with van der Waals surface area (Å²) in [4.78, 5) is 139. The van der Waals surface area contributed by atoms with Crippen LogP contribution in [0.25, 0.3) is 10.9 Å². The Morgan fingerprint density at radius 3 is 1.93 bits per heavy atom. The lowest BCUT2D eigenvalue weighted by molar-refractivity contribution is -0.136. The van der Waals surface area contributed by atoms with Gasteiger partial charge in [-0.3, -0.25) is 43.3 Å². The molecule has 3 aromatic rings. The third-order valence-corrected chi connectivity index (χ3v) is 12.8. The molecule has 22 nitrogen and oxygen atoms in total. The first-order valence-electron chi connectivity index (χ1n) is 25.9. The lowest BCUT2D eigenvalue weighted by atomic mass is 9.90. The number of carbonyl (C=O) groups is 10. The monoisotopic (exact) mass is 1060 g/mol. The quantitative estimate of drug-likeness (QED) is 0.0225. The topological polar surface area (TPSA) is 369 Å². The van der Waals surface area contributed by atoms with Crippen LogP contribution in [0, 0.1) is 17.8 Å². The van der Waals surface area contributed by atoms with Gasteiger partial charge in [-0.05, 0) is 75.5 Å². The molecule has 7 atom stereocenters. The van der Waals surface area contributed by atoms with Crippen molar-refractivity contribution in [2.75, 3.05) is 20.1 Å². The number of nitrogens with zero attached hydrogens (tertiary/aromatic N) is 1. The molecular weight excluding hydrogens is 979 g/mol. The van der Waals surface area contributed by atoms with Crippen LogP contribution in [-0.2, 0) is 56.0 Å². The van der Waals surface area contributed by atoms with Crippen LogP contribution in [0.3, 0.4) is 0 Å². The van der Waals surface area contributed by atoms with Crippen molar-refractivity contribution in [3.63, 3.8) is 0 Å². The number of carbonyl (C=O) groups excluding carboxylic acids is 10. The number of amides is 7. The zero-order valence-corrected chi connectivity index (χ0v) is 44.4. The van der Waals surface area contributed by atoms with Gasteiger partial charge in [-0.25, -0.2) is 4.79 Å². The fourth-order valence-electron chi connectivity index (χ4n) is 8.57. The lowest BCUT2D eigenvalue weighted by Gasteiger charge is -2.26. The number of hydrogen-bond acceptors (Lipinski definition) is 12. The molecule has 0 bridgehead atoms. The molecule has 0 fully saturated rings. The van der Waals surface area contributed by atoms with Crippen LogP contribution in [0.2, 0.25) is 0 Å². The normalized spacial score (nSPS) is 14.2. The Morgan fingerprint density at radius 2 is 1.30 bits per heavy atom. The van der Waals surface area contributed by atoms with Gasteiger partial charge in [-0.15, -0.1) is 0 Å². The van der Waals surface area contributed by atoms with E-state index in [4.69, 9.17) is 17.2 Å². The molecule has 0 saturated heterocycles. The molecule has 2 aromatic carbocycles. The molecule has 1 heterocycles. The first-order chi connectivity index (χ1) is 36.1. The molecule has 14 N–H and O–H groups in total. The number of hydrogen-bond donors (Lipinski definition) is 11. The van der Waals surface area contributed by atoms with Gasteiger partial charge < -0.3 is 64.0 Å². The number of H-pyrrole nitrogens is 1. The maximum atomic E-state index is 14.2. The number of benzene rings is 2. The minimum absolute atomic E-state index is 0.0326. The molecule has 0 aliphatic rings. The fraction of sp³-hybridized carbons (Fsp3) is 0.537. The van der Waals surface area contributed by atoms with Crippen LogP contribution in [0.1, 0.15) is 116 Å². The summed E-state index contributed by atoms with van der Waals surface area (Å²) in [5, 5.41) is 27.6. The summed E-state index contributed by atoms with van der Waals surface area (Å²) in [6.45, 7) is 6.13. The number of urea groups is 1. The van der Waals surface area contributed by atoms with E-state index in [0.717, 1.165) is 22.9 Å². The zero-order valence-electron chi connectivity index (χ0n) is 44.4. The van der Waals surface area contributed by atoms with Crippen molar-refractivity contribution >= 4 is 75.6 Å². The number of primary amides is 2. The SMILES string of the molecule is CN=C(N)NCCC[C@H](CC(=O)[C@H](CC(C)C)NC(=O)NCC(=O)[C@H](Cc1ccccc1)NC(=O)[C@@H](CC(=O)[C@H](CC(N)=O)NC(=O)CCCCCCC(C)=O)[C@@H](C)O)C(=O)N[C@@H](Cc1c[nH]c2ccccc12)C(N)=O. The van der Waals surface area contributed by atoms with Gasteiger partial charge in [0.1, 0.15) is 11.8 Å². The number of aromatic nitrogens is 1. The minimum atomic E-state index is -1.45. The summed E-state index contributed by atoms with van der Waals surface area (Å²) in [7, 11) is 1.51.